The predicted molar refractivity (Wildman–Crippen MR) is 165 cm³/mol. The van der Waals surface area contributed by atoms with Crippen LogP contribution in [0, 0.1) is 13.8 Å². The van der Waals surface area contributed by atoms with Crippen molar-refractivity contribution in [2.45, 2.75) is 18.7 Å². The van der Waals surface area contributed by atoms with Crippen LogP contribution in [0.2, 0.25) is 5.02 Å². The number of para-hydroxylation sites is 1. The first kappa shape index (κ1) is 30.3. The Hall–Kier alpha value is -4.67. The highest BCUT2D eigenvalue weighted by Crippen LogP contribution is 2.30. The maximum absolute atomic E-state index is 13.5. The summed E-state index contributed by atoms with van der Waals surface area (Å²) in [6, 6.07) is 26.9. The van der Waals surface area contributed by atoms with Gasteiger partial charge in [-0.1, -0.05) is 59.1 Å². The molecule has 216 valence electrons. The summed E-state index contributed by atoms with van der Waals surface area (Å²) < 4.78 is 33.4. The Morgan fingerprint density at radius 1 is 0.857 bits per heavy atom. The number of carbonyl (C=O) groups is 2. The molecule has 0 spiro atoms. The fourth-order valence-electron chi connectivity index (χ4n) is 3.77. The molecule has 0 radical (unpaired) electrons. The zero-order valence-electron chi connectivity index (χ0n) is 23.0. The van der Waals surface area contributed by atoms with Gasteiger partial charge in [-0.3, -0.25) is 13.9 Å². The fraction of sp³-hybridized carbons (Fsp3) is 0.129. The van der Waals surface area contributed by atoms with Crippen molar-refractivity contribution in [3.05, 3.63) is 119 Å². The standard InChI is InChI=1S/C31H29ClN4O5S/c1-22-7-13-25(14-8-22)34-31(38)21-41-26-15-11-24(12-16-26)19-33-35-30(37)20-36(29-6-4-3-5-28(29)32)42(39,40)27-17-9-23(2)10-18-27/h3-19H,20-21H2,1-2H3,(H,34,38)(H,35,37)/b33-19-. The quantitative estimate of drug-likeness (QED) is 0.177. The Morgan fingerprint density at radius 2 is 1.48 bits per heavy atom. The first-order valence-corrected chi connectivity index (χ1v) is 14.7. The Morgan fingerprint density at radius 3 is 2.12 bits per heavy atom. The van der Waals surface area contributed by atoms with E-state index in [4.69, 9.17) is 16.3 Å². The van der Waals surface area contributed by atoms with Crippen molar-refractivity contribution in [3.63, 3.8) is 0 Å². The van der Waals surface area contributed by atoms with Gasteiger partial charge in [0.1, 0.15) is 12.3 Å². The Balaban J connectivity index is 1.35. The number of halogens is 1. The lowest BCUT2D eigenvalue weighted by Gasteiger charge is -2.24. The number of benzene rings is 4. The first-order valence-electron chi connectivity index (χ1n) is 12.9. The minimum absolute atomic E-state index is 0.0271. The van der Waals surface area contributed by atoms with Gasteiger partial charge in [-0.15, -0.1) is 0 Å². The fourth-order valence-corrected chi connectivity index (χ4v) is 5.50. The minimum atomic E-state index is -4.11. The molecule has 11 heteroatoms. The summed E-state index contributed by atoms with van der Waals surface area (Å²) >= 11 is 6.30. The smallest absolute Gasteiger partial charge is 0.264 e. The number of hydrogen-bond donors (Lipinski definition) is 2. The predicted octanol–water partition coefficient (Wildman–Crippen LogP) is 5.32. The lowest BCUT2D eigenvalue weighted by molar-refractivity contribution is -0.119. The van der Waals surface area contributed by atoms with Crippen molar-refractivity contribution in [2.75, 3.05) is 22.8 Å². The summed E-state index contributed by atoms with van der Waals surface area (Å²) in [5.41, 5.74) is 5.85. The number of ether oxygens (including phenoxy) is 1. The van der Waals surface area contributed by atoms with Crippen molar-refractivity contribution in [2.24, 2.45) is 5.10 Å². The maximum Gasteiger partial charge on any atom is 0.264 e. The van der Waals surface area contributed by atoms with Crippen LogP contribution in [-0.2, 0) is 19.6 Å². The van der Waals surface area contributed by atoms with Gasteiger partial charge in [0.15, 0.2) is 6.61 Å². The summed E-state index contributed by atoms with van der Waals surface area (Å²) in [7, 11) is -4.11. The number of hydrazone groups is 1. The molecule has 0 aliphatic carbocycles. The molecule has 0 saturated heterocycles. The van der Waals surface area contributed by atoms with E-state index in [2.05, 4.69) is 15.8 Å². The Labute approximate surface area is 249 Å². The maximum atomic E-state index is 13.5. The van der Waals surface area contributed by atoms with Gasteiger partial charge in [0.05, 0.1) is 21.8 Å². The number of rotatable bonds is 11. The van der Waals surface area contributed by atoms with Crippen LogP contribution < -0.4 is 19.8 Å². The zero-order valence-corrected chi connectivity index (χ0v) is 24.5. The van der Waals surface area contributed by atoms with Crippen LogP contribution in [-0.4, -0.2) is 39.6 Å². The van der Waals surface area contributed by atoms with Crippen LogP contribution >= 0.6 is 11.6 Å². The molecule has 2 amide bonds. The SMILES string of the molecule is Cc1ccc(NC(=O)COc2ccc(/C=N\NC(=O)CN(c3ccccc3Cl)S(=O)(=O)c3ccc(C)cc3)cc2)cc1. The van der Waals surface area contributed by atoms with Gasteiger partial charge < -0.3 is 10.1 Å². The highest BCUT2D eigenvalue weighted by atomic mass is 35.5. The topological polar surface area (TPSA) is 117 Å². The number of hydrogen-bond acceptors (Lipinski definition) is 6. The van der Waals surface area contributed by atoms with Crippen LogP contribution in [0.5, 0.6) is 5.75 Å². The van der Waals surface area contributed by atoms with E-state index in [0.29, 0.717) is 17.0 Å². The van der Waals surface area contributed by atoms with E-state index in [1.165, 1.54) is 24.4 Å². The lowest BCUT2D eigenvalue weighted by Crippen LogP contribution is -2.39. The van der Waals surface area contributed by atoms with Crippen LogP contribution in [0.3, 0.4) is 0 Å². The van der Waals surface area contributed by atoms with Gasteiger partial charge in [-0.05, 0) is 80.1 Å². The molecule has 0 unspecified atom stereocenters. The van der Waals surface area contributed by atoms with Gasteiger partial charge in [0.25, 0.3) is 21.8 Å². The number of carbonyl (C=O) groups excluding carboxylic acids is 2. The van der Waals surface area contributed by atoms with E-state index in [9.17, 15) is 18.0 Å². The van der Waals surface area contributed by atoms with E-state index in [-0.39, 0.29) is 28.1 Å². The molecule has 0 fully saturated rings. The average Bonchev–Trinajstić information content (AvgIpc) is 2.97. The molecule has 0 aliphatic heterocycles. The molecular formula is C31H29ClN4O5S. The first-order chi connectivity index (χ1) is 20.1. The zero-order chi connectivity index (χ0) is 30.1. The number of nitrogens with zero attached hydrogens (tertiary/aromatic N) is 2. The third-order valence-corrected chi connectivity index (χ3v) is 8.10. The average molecular weight is 605 g/mol. The molecule has 0 atom stereocenters. The summed E-state index contributed by atoms with van der Waals surface area (Å²) in [5.74, 6) is -0.476. The van der Waals surface area contributed by atoms with E-state index in [1.807, 2.05) is 38.1 Å². The molecule has 2 N–H and O–H groups in total. The summed E-state index contributed by atoms with van der Waals surface area (Å²) in [6.07, 6.45) is 1.40. The molecule has 0 aliphatic rings. The van der Waals surface area contributed by atoms with Crippen molar-refractivity contribution in [1.29, 1.82) is 0 Å². The van der Waals surface area contributed by atoms with Gasteiger partial charge in [0.2, 0.25) is 0 Å². The summed E-state index contributed by atoms with van der Waals surface area (Å²) in [6.45, 7) is 3.10. The number of aryl methyl sites for hydroxylation is 2. The normalized spacial score (nSPS) is 11.2. The second-order valence-electron chi connectivity index (χ2n) is 9.34. The number of amides is 2. The number of anilines is 2. The highest BCUT2D eigenvalue weighted by Gasteiger charge is 2.28. The van der Waals surface area contributed by atoms with Crippen LogP contribution in [0.1, 0.15) is 16.7 Å². The van der Waals surface area contributed by atoms with E-state index < -0.39 is 22.5 Å². The van der Waals surface area contributed by atoms with Crippen LogP contribution in [0.15, 0.2) is 107 Å². The van der Waals surface area contributed by atoms with Crippen molar-refractivity contribution < 1.29 is 22.7 Å². The lowest BCUT2D eigenvalue weighted by atomic mass is 10.2. The molecule has 4 rings (SSSR count). The van der Waals surface area contributed by atoms with Crippen LogP contribution in [0.25, 0.3) is 0 Å². The highest BCUT2D eigenvalue weighted by molar-refractivity contribution is 7.92. The van der Waals surface area contributed by atoms with Crippen LogP contribution in [0.4, 0.5) is 11.4 Å². The Kier molecular flexibility index (Phi) is 9.95. The molecule has 0 saturated carbocycles. The third-order valence-electron chi connectivity index (χ3n) is 6.01. The second-order valence-corrected chi connectivity index (χ2v) is 11.6. The largest absolute Gasteiger partial charge is 0.484 e. The van der Waals surface area contributed by atoms with E-state index >= 15 is 0 Å². The van der Waals surface area contributed by atoms with Crippen molar-refractivity contribution in [1.82, 2.24) is 5.43 Å². The molecule has 0 heterocycles. The van der Waals surface area contributed by atoms with Gasteiger partial charge >= 0.3 is 0 Å². The molecule has 0 bridgehead atoms. The van der Waals surface area contributed by atoms with Crippen molar-refractivity contribution in [3.8, 4) is 5.75 Å². The monoisotopic (exact) mass is 604 g/mol. The Bertz CT molecular complexity index is 1670. The van der Waals surface area contributed by atoms with Gasteiger partial charge in [0, 0.05) is 5.69 Å². The molecule has 4 aromatic carbocycles. The number of nitrogens with one attached hydrogen (secondary N) is 2. The van der Waals surface area contributed by atoms with Crippen molar-refractivity contribution >= 4 is 51.0 Å². The minimum Gasteiger partial charge on any atom is -0.484 e. The van der Waals surface area contributed by atoms with Gasteiger partial charge in [-0.2, -0.15) is 5.10 Å². The molecular weight excluding hydrogens is 576 g/mol. The van der Waals surface area contributed by atoms with E-state index in [0.717, 1.165) is 15.4 Å². The number of sulfonamides is 1. The summed E-state index contributed by atoms with van der Waals surface area (Å²) in [5, 5.41) is 6.89. The van der Waals surface area contributed by atoms with Gasteiger partial charge in [-0.25, -0.2) is 13.8 Å². The second kappa shape index (κ2) is 13.8. The molecule has 4 aromatic rings. The summed E-state index contributed by atoms with van der Waals surface area (Å²) in [4.78, 5) is 24.9. The molecule has 9 nitrogen and oxygen atoms in total. The van der Waals surface area contributed by atoms with E-state index in [1.54, 1.807) is 54.6 Å². The third kappa shape index (κ3) is 8.18. The molecule has 0 aromatic heterocycles. The molecule has 42 heavy (non-hydrogen) atoms.